The molecule has 1 heterocycles. The van der Waals surface area contributed by atoms with Gasteiger partial charge < -0.3 is 5.32 Å². The lowest BCUT2D eigenvalue weighted by Crippen LogP contribution is -2.47. The highest BCUT2D eigenvalue weighted by molar-refractivity contribution is 7.09. The number of hydrogen-bond acceptors (Lipinski definition) is 3. The van der Waals surface area contributed by atoms with Gasteiger partial charge in [0.05, 0.1) is 11.2 Å². The summed E-state index contributed by atoms with van der Waals surface area (Å²) >= 11 is 1.76. The van der Waals surface area contributed by atoms with Crippen LogP contribution in [0.25, 0.3) is 0 Å². The molecule has 0 saturated heterocycles. The third kappa shape index (κ3) is 1.64. The molecule has 0 bridgehead atoms. The molecule has 3 heteroatoms. The second-order valence-electron chi connectivity index (χ2n) is 4.59. The molecular weight excluding hydrogens is 204 g/mol. The maximum absolute atomic E-state index is 4.27. The molecule has 1 aromatic heterocycles. The number of aromatic nitrogens is 1. The Morgan fingerprint density at radius 3 is 3.27 bits per heavy atom. The summed E-state index contributed by atoms with van der Waals surface area (Å²) in [6.45, 7) is 3.09. The van der Waals surface area contributed by atoms with Crippen LogP contribution in [0.4, 0.5) is 0 Å². The highest BCUT2D eigenvalue weighted by atomic mass is 32.1. The van der Waals surface area contributed by atoms with Crippen molar-refractivity contribution in [3.63, 3.8) is 0 Å². The van der Waals surface area contributed by atoms with Gasteiger partial charge in [-0.05, 0) is 31.6 Å². The predicted octanol–water partition coefficient (Wildman–Crippen LogP) is 2.51. The number of hydrogen-bond donors (Lipinski definition) is 1. The molecule has 1 fully saturated rings. The minimum atomic E-state index is 0.718. The van der Waals surface area contributed by atoms with E-state index < -0.39 is 0 Å². The predicted molar refractivity (Wildman–Crippen MR) is 62.8 cm³/mol. The smallest absolute Gasteiger partial charge is 0.0798 e. The third-order valence-corrected chi connectivity index (χ3v) is 4.67. The SMILES string of the molecule is Cc1ncsc1CNC1CC2CC=CC21. The van der Waals surface area contributed by atoms with Gasteiger partial charge in [-0.25, -0.2) is 4.98 Å². The van der Waals surface area contributed by atoms with E-state index in [9.17, 15) is 0 Å². The van der Waals surface area contributed by atoms with Gasteiger partial charge in [-0.3, -0.25) is 0 Å². The number of aryl methyl sites for hydroxylation is 1. The van der Waals surface area contributed by atoms with Gasteiger partial charge in [-0.15, -0.1) is 11.3 Å². The third-order valence-electron chi connectivity index (χ3n) is 3.73. The number of thiazole rings is 1. The van der Waals surface area contributed by atoms with Crippen LogP contribution in [-0.2, 0) is 6.54 Å². The fourth-order valence-electron chi connectivity index (χ4n) is 2.67. The lowest BCUT2D eigenvalue weighted by molar-refractivity contribution is 0.162. The van der Waals surface area contributed by atoms with Gasteiger partial charge in [0.2, 0.25) is 0 Å². The Labute approximate surface area is 94.4 Å². The van der Waals surface area contributed by atoms with Crippen molar-refractivity contribution in [3.05, 3.63) is 28.2 Å². The van der Waals surface area contributed by atoms with Crippen molar-refractivity contribution in [2.75, 3.05) is 0 Å². The van der Waals surface area contributed by atoms with Crippen molar-refractivity contribution in [3.8, 4) is 0 Å². The van der Waals surface area contributed by atoms with E-state index in [4.69, 9.17) is 0 Å². The van der Waals surface area contributed by atoms with Crippen molar-refractivity contribution >= 4 is 11.3 Å². The quantitative estimate of drug-likeness (QED) is 0.792. The molecule has 2 aliphatic carbocycles. The van der Waals surface area contributed by atoms with E-state index in [1.54, 1.807) is 11.3 Å². The summed E-state index contributed by atoms with van der Waals surface area (Å²) in [4.78, 5) is 5.66. The van der Waals surface area contributed by atoms with Gasteiger partial charge in [0.15, 0.2) is 0 Å². The minimum absolute atomic E-state index is 0.718. The fraction of sp³-hybridized carbons (Fsp3) is 0.583. The summed E-state index contributed by atoms with van der Waals surface area (Å²) in [5, 5.41) is 3.65. The van der Waals surface area contributed by atoms with E-state index >= 15 is 0 Å². The van der Waals surface area contributed by atoms with Gasteiger partial charge in [0.1, 0.15) is 0 Å². The van der Waals surface area contributed by atoms with Crippen LogP contribution in [0.3, 0.4) is 0 Å². The van der Waals surface area contributed by atoms with Crippen LogP contribution in [0.2, 0.25) is 0 Å². The molecule has 0 aliphatic heterocycles. The van der Waals surface area contributed by atoms with Gasteiger partial charge >= 0.3 is 0 Å². The molecule has 0 spiro atoms. The summed E-state index contributed by atoms with van der Waals surface area (Å²) in [5.41, 5.74) is 3.12. The Balaban J connectivity index is 1.55. The van der Waals surface area contributed by atoms with Gasteiger partial charge in [0.25, 0.3) is 0 Å². The number of allylic oxidation sites excluding steroid dienone is 1. The molecule has 0 aromatic carbocycles. The first-order valence-electron chi connectivity index (χ1n) is 5.63. The van der Waals surface area contributed by atoms with Crippen LogP contribution in [-0.4, -0.2) is 11.0 Å². The average molecular weight is 220 g/mol. The maximum atomic E-state index is 4.27. The monoisotopic (exact) mass is 220 g/mol. The Hall–Kier alpha value is -0.670. The molecule has 0 radical (unpaired) electrons. The van der Waals surface area contributed by atoms with E-state index in [0.717, 1.165) is 24.4 Å². The van der Waals surface area contributed by atoms with Crippen LogP contribution in [0.1, 0.15) is 23.4 Å². The highest BCUT2D eigenvalue weighted by Crippen LogP contribution is 2.42. The van der Waals surface area contributed by atoms with Crippen molar-refractivity contribution < 1.29 is 0 Å². The Morgan fingerprint density at radius 2 is 2.53 bits per heavy atom. The Kier molecular flexibility index (Phi) is 2.37. The average Bonchev–Trinajstić information content (AvgIpc) is 2.75. The van der Waals surface area contributed by atoms with Crippen LogP contribution >= 0.6 is 11.3 Å². The summed E-state index contributed by atoms with van der Waals surface area (Å²) in [5.74, 6) is 1.77. The first-order chi connectivity index (χ1) is 7.34. The molecule has 1 saturated carbocycles. The zero-order chi connectivity index (χ0) is 10.3. The van der Waals surface area contributed by atoms with Crippen molar-refractivity contribution in [1.82, 2.24) is 10.3 Å². The van der Waals surface area contributed by atoms with Crippen molar-refractivity contribution in [1.29, 1.82) is 0 Å². The minimum Gasteiger partial charge on any atom is -0.308 e. The second-order valence-corrected chi connectivity index (χ2v) is 5.52. The summed E-state index contributed by atoms with van der Waals surface area (Å²) in [6, 6.07) is 0.718. The molecule has 3 unspecified atom stereocenters. The Morgan fingerprint density at radius 1 is 1.60 bits per heavy atom. The number of fused-ring (bicyclic) bond motifs is 1. The molecule has 2 aliphatic rings. The largest absolute Gasteiger partial charge is 0.308 e. The maximum Gasteiger partial charge on any atom is 0.0798 e. The van der Waals surface area contributed by atoms with Gasteiger partial charge in [-0.1, -0.05) is 12.2 Å². The lowest BCUT2D eigenvalue weighted by Gasteiger charge is -2.40. The summed E-state index contributed by atoms with van der Waals surface area (Å²) in [6.07, 6.45) is 7.40. The number of nitrogens with zero attached hydrogens (tertiary/aromatic N) is 1. The fourth-order valence-corrected chi connectivity index (χ4v) is 3.40. The van der Waals surface area contributed by atoms with Crippen molar-refractivity contribution in [2.24, 2.45) is 11.8 Å². The molecule has 15 heavy (non-hydrogen) atoms. The van der Waals surface area contributed by atoms with Crippen LogP contribution in [0, 0.1) is 18.8 Å². The first-order valence-corrected chi connectivity index (χ1v) is 6.51. The van der Waals surface area contributed by atoms with Crippen molar-refractivity contribution in [2.45, 2.75) is 32.4 Å². The molecule has 3 rings (SSSR count). The molecular formula is C12H16N2S. The highest BCUT2D eigenvalue weighted by Gasteiger charge is 2.40. The second kappa shape index (κ2) is 3.72. The van der Waals surface area contributed by atoms with Crippen LogP contribution in [0.15, 0.2) is 17.7 Å². The van der Waals surface area contributed by atoms with Gasteiger partial charge in [-0.2, -0.15) is 0 Å². The standard InChI is InChI=1S/C12H16N2S/c1-8-12(15-7-14-8)6-13-11-5-9-3-2-4-10(9)11/h2,4,7,9-11,13H,3,5-6H2,1H3. The van der Waals surface area contributed by atoms with E-state index in [1.807, 2.05) is 5.51 Å². The summed E-state index contributed by atoms with van der Waals surface area (Å²) in [7, 11) is 0. The molecule has 1 aromatic rings. The molecule has 1 N–H and O–H groups in total. The van der Waals surface area contributed by atoms with Crippen LogP contribution < -0.4 is 5.32 Å². The van der Waals surface area contributed by atoms with E-state index in [1.165, 1.54) is 23.4 Å². The molecule has 2 nitrogen and oxygen atoms in total. The van der Waals surface area contributed by atoms with Crippen LogP contribution in [0.5, 0.6) is 0 Å². The zero-order valence-electron chi connectivity index (χ0n) is 8.94. The zero-order valence-corrected chi connectivity index (χ0v) is 9.76. The van der Waals surface area contributed by atoms with Gasteiger partial charge in [0, 0.05) is 17.5 Å². The number of nitrogens with one attached hydrogen (secondary N) is 1. The lowest BCUT2D eigenvalue weighted by atomic mass is 9.71. The Bertz CT molecular complexity index is 383. The molecule has 0 amide bonds. The normalized spacial score (nSPS) is 32.7. The van der Waals surface area contributed by atoms with E-state index in [2.05, 4.69) is 29.4 Å². The first kappa shape index (κ1) is 9.55. The molecule has 3 atom stereocenters. The topological polar surface area (TPSA) is 24.9 Å². The summed E-state index contributed by atoms with van der Waals surface area (Å²) < 4.78 is 0. The molecule has 80 valence electrons. The van der Waals surface area contributed by atoms with E-state index in [0.29, 0.717) is 0 Å². The number of rotatable bonds is 3. The van der Waals surface area contributed by atoms with E-state index in [-0.39, 0.29) is 0 Å².